The number of benzene rings is 1. The fourth-order valence-electron chi connectivity index (χ4n) is 4.45. The highest BCUT2D eigenvalue weighted by atomic mass is 32.2. The normalized spacial score (nSPS) is 21.9. The molecule has 1 unspecified atom stereocenters. The van der Waals surface area contributed by atoms with Gasteiger partial charge in [0.15, 0.2) is 0 Å². The summed E-state index contributed by atoms with van der Waals surface area (Å²) in [5.74, 6) is 0. The minimum atomic E-state index is -3.53. The van der Waals surface area contributed by atoms with Gasteiger partial charge in [-0.1, -0.05) is 49.4 Å². The van der Waals surface area contributed by atoms with Gasteiger partial charge in [0.2, 0.25) is 10.0 Å². The van der Waals surface area contributed by atoms with Gasteiger partial charge in [-0.15, -0.1) is 11.8 Å². The Hall–Kier alpha value is -1.37. The average Bonchev–Trinajstić information content (AvgIpc) is 2.75. The number of nitrogens with zero attached hydrogens (tertiary/aromatic N) is 2. The number of aromatic nitrogens is 1. The molecule has 0 spiro atoms. The van der Waals surface area contributed by atoms with E-state index in [9.17, 15) is 8.42 Å². The van der Waals surface area contributed by atoms with Crippen LogP contribution in [-0.4, -0.2) is 29.5 Å². The second-order valence-corrected chi connectivity index (χ2v) is 11.4. The topological polar surface area (TPSA) is 50.3 Å². The van der Waals surface area contributed by atoms with Gasteiger partial charge < -0.3 is 0 Å². The van der Waals surface area contributed by atoms with E-state index in [1.165, 1.54) is 32.1 Å². The Morgan fingerprint density at radius 3 is 2.45 bits per heavy atom. The van der Waals surface area contributed by atoms with Crippen LogP contribution in [0.2, 0.25) is 0 Å². The van der Waals surface area contributed by atoms with Gasteiger partial charge in [-0.25, -0.2) is 13.4 Å². The monoisotopic (exact) mass is 430 g/mol. The number of sulfonamides is 1. The maximum Gasteiger partial charge on any atom is 0.243 e. The molecule has 1 saturated heterocycles. The third-order valence-electron chi connectivity index (χ3n) is 6.07. The zero-order valence-corrected chi connectivity index (χ0v) is 18.7. The van der Waals surface area contributed by atoms with E-state index >= 15 is 0 Å². The molecule has 1 aliphatic carbocycles. The molecule has 29 heavy (non-hydrogen) atoms. The second kappa shape index (κ2) is 9.19. The standard InChI is InChI=1S/C23H30N2O2S2/c1-18-12-14-20(15-13-18)29(26,27)25-17-6-5-11-22(25)21-10-7-16-24-23(21)28-19-8-3-2-4-9-19/h7,10,12-16,19,22H,2-6,8-9,11,17H2,1H3. The van der Waals surface area contributed by atoms with Gasteiger partial charge in [-0.3, -0.25) is 0 Å². The molecule has 6 heteroatoms. The van der Waals surface area contributed by atoms with E-state index in [2.05, 4.69) is 6.07 Å². The van der Waals surface area contributed by atoms with Crippen molar-refractivity contribution in [1.82, 2.24) is 9.29 Å². The van der Waals surface area contributed by atoms with Gasteiger partial charge in [-0.2, -0.15) is 4.31 Å². The van der Waals surface area contributed by atoms with Gasteiger partial charge in [0.1, 0.15) is 5.03 Å². The van der Waals surface area contributed by atoms with Crippen LogP contribution in [-0.2, 0) is 10.0 Å². The summed E-state index contributed by atoms with van der Waals surface area (Å²) in [6, 6.07) is 11.1. The molecule has 2 aromatic rings. The van der Waals surface area contributed by atoms with Crippen LogP contribution < -0.4 is 0 Å². The van der Waals surface area contributed by atoms with Crippen molar-refractivity contribution in [2.45, 2.75) is 79.5 Å². The molecular formula is C23H30N2O2S2. The summed E-state index contributed by atoms with van der Waals surface area (Å²) < 4.78 is 28.7. The lowest BCUT2D eigenvalue weighted by atomic mass is 9.99. The molecule has 0 radical (unpaired) electrons. The molecule has 2 heterocycles. The summed E-state index contributed by atoms with van der Waals surface area (Å²) in [6.07, 6.45) is 11.0. The van der Waals surface area contributed by atoms with E-state index in [-0.39, 0.29) is 6.04 Å². The Morgan fingerprint density at radius 2 is 1.69 bits per heavy atom. The van der Waals surface area contributed by atoms with Crippen molar-refractivity contribution in [1.29, 1.82) is 0 Å². The first-order valence-electron chi connectivity index (χ1n) is 10.8. The first kappa shape index (κ1) is 20.9. The summed E-state index contributed by atoms with van der Waals surface area (Å²) >= 11 is 1.86. The van der Waals surface area contributed by atoms with Crippen molar-refractivity contribution in [2.24, 2.45) is 0 Å². The highest BCUT2D eigenvalue weighted by Gasteiger charge is 2.36. The SMILES string of the molecule is Cc1ccc(S(=O)(=O)N2CCCCC2c2cccnc2SC2CCCCC2)cc1. The quantitative estimate of drug-likeness (QED) is 0.608. The van der Waals surface area contributed by atoms with Crippen molar-refractivity contribution in [3.05, 3.63) is 53.7 Å². The van der Waals surface area contributed by atoms with Crippen LogP contribution in [0.1, 0.15) is 68.5 Å². The van der Waals surface area contributed by atoms with Crippen LogP contribution >= 0.6 is 11.8 Å². The van der Waals surface area contributed by atoms with Crippen molar-refractivity contribution >= 4 is 21.8 Å². The van der Waals surface area contributed by atoms with E-state index in [4.69, 9.17) is 4.98 Å². The molecular weight excluding hydrogens is 400 g/mol. The van der Waals surface area contributed by atoms with E-state index in [0.717, 1.165) is 35.4 Å². The summed E-state index contributed by atoms with van der Waals surface area (Å²) in [7, 11) is -3.53. The van der Waals surface area contributed by atoms with Crippen molar-refractivity contribution in [3.8, 4) is 0 Å². The molecule has 156 valence electrons. The number of piperidine rings is 1. The smallest absolute Gasteiger partial charge is 0.243 e. The molecule has 1 aromatic carbocycles. The van der Waals surface area contributed by atoms with E-state index in [0.29, 0.717) is 16.7 Å². The predicted octanol–water partition coefficient (Wildman–Crippen LogP) is 5.73. The van der Waals surface area contributed by atoms with Gasteiger partial charge in [0.05, 0.1) is 10.9 Å². The van der Waals surface area contributed by atoms with Crippen LogP contribution in [0.3, 0.4) is 0 Å². The van der Waals surface area contributed by atoms with Crippen molar-refractivity contribution < 1.29 is 8.42 Å². The average molecular weight is 431 g/mol. The van der Waals surface area contributed by atoms with E-state index in [1.807, 2.05) is 43.1 Å². The molecule has 2 aliphatic rings. The van der Waals surface area contributed by atoms with E-state index < -0.39 is 10.0 Å². The minimum Gasteiger partial charge on any atom is -0.250 e. The molecule has 0 N–H and O–H groups in total. The molecule has 4 rings (SSSR count). The van der Waals surface area contributed by atoms with Crippen molar-refractivity contribution in [3.63, 3.8) is 0 Å². The van der Waals surface area contributed by atoms with Crippen molar-refractivity contribution in [2.75, 3.05) is 6.54 Å². The maximum absolute atomic E-state index is 13.5. The lowest BCUT2D eigenvalue weighted by Crippen LogP contribution is -2.38. The Bertz CT molecular complexity index is 922. The largest absolute Gasteiger partial charge is 0.250 e. The summed E-state index contributed by atoms with van der Waals surface area (Å²) in [6.45, 7) is 2.55. The number of hydrogen-bond acceptors (Lipinski definition) is 4. The van der Waals surface area contributed by atoms with Crippen LogP contribution in [0.5, 0.6) is 0 Å². The molecule has 2 fully saturated rings. The van der Waals surface area contributed by atoms with Gasteiger partial charge >= 0.3 is 0 Å². The number of aryl methyl sites for hydroxylation is 1. The van der Waals surface area contributed by atoms with Crippen LogP contribution in [0.15, 0.2) is 52.5 Å². The number of pyridine rings is 1. The molecule has 1 saturated carbocycles. The zero-order chi connectivity index (χ0) is 20.3. The fourth-order valence-corrected chi connectivity index (χ4v) is 7.47. The maximum atomic E-state index is 13.5. The van der Waals surface area contributed by atoms with E-state index in [1.54, 1.807) is 16.4 Å². The summed E-state index contributed by atoms with van der Waals surface area (Å²) in [5.41, 5.74) is 2.15. The Morgan fingerprint density at radius 1 is 0.966 bits per heavy atom. The molecule has 0 bridgehead atoms. The Balaban J connectivity index is 1.65. The predicted molar refractivity (Wildman–Crippen MR) is 119 cm³/mol. The fraction of sp³-hybridized carbons (Fsp3) is 0.522. The molecule has 0 amide bonds. The lowest BCUT2D eigenvalue weighted by Gasteiger charge is -2.36. The zero-order valence-electron chi connectivity index (χ0n) is 17.1. The molecule has 1 aliphatic heterocycles. The summed E-state index contributed by atoms with van der Waals surface area (Å²) in [4.78, 5) is 5.08. The summed E-state index contributed by atoms with van der Waals surface area (Å²) in [5, 5.41) is 1.62. The van der Waals surface area contributed by atoms with Crippen LogP contribution in [0.25, 0.3) is 0 Å². The third kappa shape index (κ3) is 4.70. The second-order valence-electron chi connectivity index (χ2n) is 8.22. The molecule has 1 aromatic heterocycles. The van der Waals surface area contributed by atoms with Crippen LogP contribution in [0, 0.1) is 6.92 Å². The van der Waals surface area contributed by atoms with Gasteiger partial charge in [0.25, 0.3) is 0 Å². The lowest BCUT2D eigenvalue weighted by molar-refractivity contribution is 0.252. The highest BCUT2D eigenvalue weighted by molar-refractivity contribution is 7.99. The first-order valence-corrected chi connectivity index (χ1v) is 13.1. The Labute approximate surface area is 179 Å². The Kier molecular flexibility index (Phi) is 6.62. The highest BCUT2D eigenvalue weighted by Crippen LogP contribution is 2.41. The minimum absolute atomic E-state index is 0.130. The number of thioether (sulfide) groups is 1. The van der Waals surface area contributed by atoms with Crippen LogP contribution in [0.4, 0.5) is 0 Å². The third-order valence-corrected chi connectivity index (χ3v) is 9.36. The van der Waals surface area contributed by atoms with Gasteiger partial charge in [-0.05, 0) is 50.8 Å². The first-order chi connectivity index (χ1) is 14.1. The molecule has 1 atom stereocenters. The molecule has 4 nitrogen and oxygen atoms in total. The van der Waals surface area contributed by atoms with Gasteiger partial charge in [0, 0.05) is 23.6 Å². The number of hydrogen-bond donors (Lipinski definition) is 0. The number of rotatable bonds is 5.